The molecule has 0 atom stereocenters. The summed E-state index contributed by atoms with van der Waals surface area (Å²) in [6, 6.07) is 9.61. The molecule has 33 heavy (non-hydrogen) atoms. The predicted octanol–water partition coefficient (Wildman–Crippen LogP) is 5.50. The summed E-state index contributed by atoms with van der Waals surface area (Å²) in [5, 5.41) is 0.760. The first kappa shape index (κ1) is 21.8. The monoisotopic (exact) mass is 458 g/mol. The van der Waals surface area contributed by atoms with E-state index in [2.05, 4.69) is 0 Å². The third-order valence-electron chi connectivity index (χ3n) is 6.49. The van der Waals surface area contributed by atoms with Gasteiger partial charge in [-0.15, -0.1) is 0 Å². The zero-order valence-electron chi connectivity index (χ0n) is 18.1. The van der Waals surface area contributed by atoms with Crippen LogP contribution in [0.25, 0.3) is 22.1 Å². The second kappa shape index (κ2) is 8.41. The maximum absolute atomic E-state index is 15.2. The molecule has 0 radical (unpaired) electrons. The highest BCUT2D eigenvalue weighted by Gasteiger charge is 2.36. The Bertz CT molecular complexity index is 1190. The standard InChI is InChI=1S/C25H25F3N2O3/c26-21-12-15(24(31)30-8-6-25(27,28)7-9-30)4-5-20(21)16-10-17-11-19(14-29)33-23(17)22(13-16)32-18-2-1-3-18/h4-5,10-13,18H,1-3,6-9,14,29H2. The fourth-order valence-electron chi connectivity index (χ4n) is 4.29. The fraction of sp³-hybridized carbons (Fsp3) is 0.400. The van der Waals surface area contributed by atoms with Crippen LogP contribution in [-0.4, -0.2) is 35.9 Å². The van der Waals surface area contributed by atoms with Gasteiger partial charge in [0.1, 0.15) is 11.6 Å². The molecule has 1 aromatic heterocycles. The molecule has 0 spiro atoms. The Kier molecular flexibility index (Phi) is 5.56. The zero-order valence-corrected chi connectivity index (χ0v) is 18.1. The van der Waals surface area contributed by atoms with Gasteiger partial charge >= 0.3 is 0 Å². The van der Waals surface area contributed by atoms with Gasteiger partial charge in [-0.1, -0.05) is 6.07 Å². The molecule has 1 saturated heterocycles. The molecule has 174 valence electrons. The van der Waals surface area contributed by atoms with Gasteiger partial charge in [0.15, 0.2) is 11.3 Å². The molecule has 1 amide bonds. The molecular weight excluding hydrogens is 433 g/mol. The second-order valence-electron chi connectivity index (χ2n) is 8.82. The first-order chi connectivity index (χ1) is 15.8. The van der Waals surface area contributed by atoms with Crippen LogP contribution in [0.3, 0.4) is 0 Å². The zero-order chi connectivity index (χ0) is 23.2. The van der Waals surface area contributed by atoms with Crippen molar-refractivity contribution in [2.75, 3.05) is 13.1 Å². The van der Waals surface area contributed by atoms with Gasteiger partial charge < -0.3 is 19.8 Å². The summed E-state index contributed by atoms with van der Waals surface area (Å²) in [6.45, 7) is 0.149. The SMILES string of the molecule is NCc1cc2cc(-c3ccc(C(=O)N4CCC(F)(F)CC4)cc3F)cc(OC3CCC3)c2o1. The number of carbonyl (C=O) groups is 1. The topological polar surface area (TPSA) is 68.7 Å². The number of furan rings is 1. The third-order valence-corrected chi connectivity index (χ3v) is 6.49. The smallest absolute Gasteiger partial charge is 0.253 e. The quantitative estimate of drug-likeness (QED) is 0.548. The summed E-state index contributed by atoms with van der Waals surface area (Å²) >= 11 is 0. The van der Waals surface area contributed by atoms with Crippen LogP contribution >= 0.6 is 0 Å². The van der Waals surface area contributed by atoms with Crippen molar-refractivity contribution >= 4 is 16.9 Å². The van der Waals surface area contributed by atoms with Crippen molar-refractivity contribution in [1.82, 2.24) is 4.90 Å². The van der Waals surface area contributed by atoms with E-state index in [1.54, 1.807) is 18.2 Å². The van der Waals surface area contributed by atoms with Crippen LogP contribution in [-0.2, 0) is 6.54 Å². The normalized spacial score (nSPS) is 18.4. The Morgan fingerprint density at radius 2 is 1.91 bits per heavy atom. The van der Waals surface area contributed by atoms with Crippen LogP contribution in [0.4, 0.5) is 13.2 Å². The Labute approximate surface area is 189 Å². The highest BCUT2D eigenvalue weighted by molar-refractivity contribution is 5.95. The lowest BCUT2D eigenvalue weighted by atomic mass is 9.96. The Balaban J connectivity index is 1.45. The summed E-state index contributed by atoms with van der Waals surface area (Å²) < 4.78 is 53.9. The van der Waals surface area contributed by atoms with Crippen LogP contribution in [0, 0.1) is 5.82 Å². The summed E-state index contributed by atoms with van der Waals surface area (Å²) in [4.78, 5) is 14.1. The van der Waals surface area contributed by atoms with Crippen molar-refractivity contribution in [2.45, 2.75) is 50.7 Å². The maximum atomic E-state index is 15.2. The highest BCUT2D eigenvalue weighted by atomic mass is 19.3. The number of benzene rings is 2. The van der Waals surface area contributed by atoms with Crippen molar-refractivity contribution in [3.05, 3.63) is 53.5 Å². The van der Waals surface area contributed by atoms with Gasteiger partial charge in [-0.25, -0.2) is 13.2 Å². The summed E-state index contributed by atoms with van der Waals surface area (Å²) in [5.41, 5.74) is 7.35. The maximum Gasteiger partial charge on any atom is 0.253 e. The number of amides is 1. The molecule has 2 heterocycles. The number of ether oxygens (including phenoxy) is 1. The van der Waals surface area contributed by atoms with Gasteiger partial charge in [-0.05, 0) is 55.2 Å². The third kappa shape index (κ3) is 4.31. The lowest BCUT2D eigenvalue weighted by Crippen LogP contribution is -2.42. The molecule has 0 unspecified atom stereocenters. The number of hydrogen-bond donors (Lipinski definition) is 1. The van der Waals surface area contributed by atoms with E-state index in [4.69, 9.17) is 14.9 Å². The molecule has 2 N–H and O–H groups in total. The van der Waals surface area contributed by atoms with Crippen LogP contribution < -0.4 is 10.5 Å². The molecule has 0 bridgehead atoms. The Hall–Kier alpha value is -3.00. The lowest BCUT2D eigenvalue weighted by molar-refractivity contribution is -0.0494. The minimum Gasteiger partial charge on any atom is -0.486 e. The van der Waals surface area contributed by atoms with Crippen LogP contribution in [0.2, 0.25) is 0 Å². The molecule has 3 aromatic rings. The largest absolute Gasteiger partial charge is 0.486 e. The van der Waals surface area contributed by atoms with Crippen LogP contribution in [0.5, 0.6) is 5.75 Å². The highest BCUT2D eigenvalue weighted by Crippen LogP contribution is 2.38. The second-order valence-corrected chi connectivity index (χ2v) is 8.82. The van der Waals surface area contributed by atoms with E-state index in [-0.39, 0.29) is 44.1 Å². The molecule has 1 aliphatic carbocycles. The van der Waals surface area contributed by atoms with Crippen LogP contribution in [0.1, 0.15) is 48.2 Å². The van der Waals surface area contributed by atoms with E-state index in [9.17, 15) is 13.6 Å². The number of piperidine rings is 1. The first-order valence-electron chi connectivity index (χ1n) is 11.2. The minimum atomic E-state index is -2.75. The molecule has 2 aliphatic rings. The molecular formula is C25H25F3N2O3. The summed E-state index contributed by atoms with van der Waals surface area (Å²) in [7, 11) is 0. The minimum absolute atomic E-state index is 0.0439. The van der Waals surface area contributed by atoms with Gasteiger partial charge in [0.05, 0.1) is 12.6 Å². The fourth-order valence-corrected chi connectivity index (χ4v) is 4.29. The predicted molar refractivity (Wildman–Crippen MR) is 118 cm³/mol. The number of hydrogen-bond acceptors (Lipinski definition) is 4. The number of carbonyl (C=O) groups excluding carboxylic acids is 1. The van der Waals surface area contributed by atoms with E-state index in [1.807, 2.05) is 6.07 Å². The Morgan fingerprint density at radius 1 is 1.15 bits per heavy atom. The van der Waals surface area contributed by atoms with E-state index < -0.39 is 17.6 Å². The number of nitrogens with two attached hydrogens (primary N) is 1. The van der Waals surface area contributed by atoms with E-state index in [1.165, 1.54) is 17.0 Å². The van der Waals surface area contributed by atoms with E-state index >= 15 is 4.39 Å². The van der Waals surface area contributed by atoms with Crippen molar-refractivity contribution in [3.63, 3.8) is 0 Å². The van der Waals surface area contributed by atoms with Crippen molar-refractivity contribution < 1.29 is 27.1 Å². The van der Waals surface area contributed by atoms with Gasteiger partial charge in [-0.3, -0.25) is 4.79 Å². The average Bonchev–Trinajstić information content (AvgIpc) is 3.19. The lowest BCUT2D eigenvalue weighted by Gasteiger charge is -2.31. The molecule has 5 rings (SSSR count). The number of alkyl halides is 2. The molecule has 5 nitrogen and oxygen atoms in total. The van der Waals surface area contributed by atoms with Crippen molar-refractivity contribution in [2.24, 2.45) is 5.73 Å². The number of fused-ring (bicyclic) bond motifs is 1. The number of likely N-dealkylation sites (tertiary alicyclic amines) is 1. The summed E-state index contributed by atoms with van der Waals surface area (Å²) in [6.07, 6.45) is 2.39. The van der Waals surface area contributed by atoms with E-state index in [0.717, 1.165) is 24.6 Å². The van der Waals surface area contributed by atoms with Gasteiger partial charge in [0.2, 0.25) is 0 Å². The Morgan fingerprint density at radius 3 is 2.55 bits per heavy atom. The number of rotatable bonds is 5. The van der Waals surface area contributed by atoms with Crippen molar-refractivity contribution in [1.29, 1.82) is 0 Å². The van der Waals surface area contributed by atoms with Gasteiger partial charge in [0, 0.05) is 42.4 Å². The van der Waals surface area contributed by atoms with E-state index in [0.29, 0.717) is 28.2 Å². The van der Waals surface area contributed by atoms with Gasteiger partial charge in [-0.2, -0.15) is 0 Å². The molecule has 8 heteroatoms. The molecule has 2 fully saturated rings. The summed E-state index contributed by atoms with van der Waals surface area (Å²) in [5.74, 6) is -2.61. The van der Waals surface area contributed by atoms with Crippen molar-refractivity contribution in [3.8, 4) is 16.9 Å². The van der Waals surface area contributed by atoms with Crippen LogP contribution in [0.15, 0.2) is 40.8 Å². The first-order valence-corrected chi connectivity index (χ1v) is 11.2. The molecule has 2 aromatic carbocycles. The van der Waals surface area contributed by atoms with Gasteiger partial charge in [0.25, 0.3) is 11.8 Å². The number of halogens is 3. The number of nitrogens with zero attached hydrogens (tertiary/aromatic N) is 1. The molecule has 1 aliphatic heterocycles. The average molecular weight is 458 g/mol. The molecule has 1 saturated carbocycles.